The van der Waals surface area contributed by atoms with Gasteiger partial charge in [-0.2, -0.15) is 0 Å². The van der Waals surface area contributed by atoms with Crippen molar-refractivity contribution in [2.24, 2.45) is 34.1 Å². The number of aromatic amines is 1. The molecule has 1 spiro atoms. The van der Waals surface area contributed by atoms with Crippen LogP contribution in [-0.2, 0) is 29.8 Å². The fourth-order valence-corrected chi connectivity index (χ4v) is 14.5. The second-order valence-electron chi connectivity index (χ2n) is 19.2. The molecule has 4 aromatic rings. The van der Waals surface area contributed by atoms with Crippen LogP contribution in [0.15, 0.2) is 85.1 Å². The van der Waals surface area contributed by atoms with Gasteiger partial charge in [0.05, 0.1) is 37.5 Å². The molecule has 2 saturated carbocycles. The number of carbonyl (C=O) groups is 2. The first kappa shape index (κ1) is 46.3. The number of benzene rings is 3. The largest absolute Gasteiger partial charge is 0.508 e. The fourth-order valence-electron chi connectivity index (χ4n) is 11.7. The van der Waals surface area contributed by atoms with Gasteiger partial charge < -0.3 is 46.7 Å². The summed E-state index contributed by atoms with van der Waals surface area (Å²) < 4.78 is 6.15. The number of rotatable bonds is 6. The third-order valence-corrected chi connectivity index (χ3v) is 17.5. The van der Waals surface area contributed by atoms with E-state index in [0.717, 1.165) is 46.4 Å². The summed E-state index contributed by atoms with van der Waals surface area (Å²) in [4.78, 5) is 31.1. The van der Waals surface area contributed by atoms with Gasteiger partial charge in [0.1, 0.15) is 5.75 Å². The summed E-state index contributed by atoms with van der Waals surface area (Å²) in [5.74, 6) is 7.80. The van der Waals surface area contributed by atoms with Gasteiger partial charge in [-0.1, -0.05) is 82.3 Å². The number of hydrogen-bond donors (Lipinski definition) is 8. The zero-order valence-corrected chi connectivity index (χ0v) is 38.6. The molecule has 1 aliphatic heterocycles. The molecular weight excluding hydrogens is 871 g/mol. The van der Waals surface area contributed by atoms with Crippen LogP contribution in [0.4, 0.5) is 0 Å². The summed E-state index contributed by atoms with van der Waals surface area (Å²) in [6.07, 6.45) is 13.7. The van der Waals surface area contributed by atoms with Crippen LogP contribution in [0.5, 0.6) is 17.2 Å². The van der Waals surface area contributed by atoms with Crippen molar-refractivity contribution in [2.75, 3.05) is 19.0 Å². The van der Waals surface area contributed by atoms with E-state index in [1.165, 1.54) is 0 Å². The van der Waals surface area contributed by atoms with Gasteiger partial charge in [-0.3, -0.25) is 9.59 Å². The van der Waals surface area contributed by atoms with Gasteiger partial charge in [-0.25, -0.2) is 0 Å². The van der Waals surface area contributed by atoms with Crippen LogP contribution in [0.3, 0.4) is 0 Å². The van der Waals surface area contributed by atoms with Gasteiger partial charge in [0, 0.05) is 70.7 Å². The van der Waals surface area contributed by atoms with Crippen LogP contribution in [0.2, 0.25) is 0 Å². The molecule has 9 bridgehead atoms. The minimum atomic E-state index is -1.09. The smallest absolute Gasteiger partial charge is 0.165 e. The zero-order valence-electron chi connectivity index (χ0n) is 37.0. The second-order valence-corrected chi connectivity index (χ2v) is 21.7. The number of H-pyrrole nitrogens is 1. The Kier molecular flexibility index (Phi) is 13.4. The van der Waals surface area contributed by atoms with Crippen molar-refractivity contribution in [1.29, 1.82) is 0 Å². The molecule has 4 aliphatic carbocycles. The number of phenolic OH excluding ortho intramolecular Hbond substituents is 2. The van der Waals surface area contributed by atoms with E-state index in [4.69, 9.17) is 16.2 Å². The van der Waals surface area contributed by atoms with Crippen molar-refractivity contribution >= 4 is 33.2 Å². The van der Waals surface area contributed by atoms with Gasteiger partial charge >= 0.3 is 0 Å². The van der Waals surface area contributed by atoms with Gasteiger partial charge in [-0.05, 0) is 120 Å². The van der Waals surface area contributed by atoms with Crippen molar-refractivity contribution in [3.8, 4) is 29.1 Å². The molecule has 7 atom stereocenters. The van der Waals surface area contributed by atoms with Gasteiger partial charge in [0.15, 0.2) is 23.1 Å². The van der Waals surface area contributed by atoms with E-state index < -0.39 is 34.6 Å². The van der Waals surface area contributed by atoms with Gasteiger partial charge in [0.2, 0.25) is 0 Å². The first-order chi connectivity index (χ1) is 31.8. The molecule has 5 aliphatic rings. The van der Waals surface area contributed by atoms with E-state index in [-0.39, 0.29) is 61.0 Å². The number of fused-ring (bicyclic) bond motifs is 8. The number of hydrogen-bond acceptors (Lipinski definition) is 12. The highest BCUT2D eigenvalue weighted by Crippen LogP contribution is 2.71. The van der Waals surface area contributed by atoms with Crippen LogP contribution in [0.25, 0.3) is 0 Å². The monoisotopic (exact) mass is 929 g/mol. The Morgan fingerprint density at radius 3 is 2.58 bits per heavy atom. The fraction of sp³-hybridized carbons (Fsp3) is 0.434. The van der Waals surface area contributed by atoms with Crippen molar-refractivity contribution in [3.63, 3.8) is 0 Å². The van der Waals surface area contributed by atoms with Crippen LogP contribution < -0.4 is 16.2 Å². The average Bonchev–Trinajstić information content (AvgIpc) is 3.83. The van der Waals surface area contributed by atoms with Gasteiger partial charge in [-0.15, -0.1) is 0 Å². The van der Waals surface area contributed by atoms with E-state index in [0.29, 0.717) is 78.9 Å². The molecule has 11 nitrogen and oxygen atoms in total. The number of nitrogens with one attached hydrogen (secondary N) is 1. The Balaban J connectivity index is 1.10. The lowest BCUT2D eigenvalue weighted by molar-refractivity contribution is -0.114. The molecule has 13 heteroatoms. The number of aliphatic hydroxyl groups excluding tert-OH is 2. The summed E-state index contributed by atoms with van der Waals surface area (Å²) in [6, 6.07) is 16.3. The number of Topliss-reactive ketones (excluding diaryl/α,β-unsaturated/α-hetero) is 1. The predicted molar refractivity (Wildman–Crippen MR) is 258 cm³/mol. The van der Waals surface area contributed by atoms with Crippen LogP contribution >= 0.6 is 21.6 Å². The molecule has 0 amide bonds. The Bertz CT molecular complexity index is 2630. The number of phenols is 2. The molecule has 0 radical (unpaired) electrons. The first-order valence-electron chi connectivity index (χ1n) is 23.1. The molecule has 3 aromatic carbocycles. The van der Waals surface area contributed by atoms with Crippen LogP contribution in [-0.4, -0.2) is 72.8 Å². The summed E-state index contributed by atoms with van der Waals surface area (Å²) in [5, 5.41) is 54.8. The third kappa shape index (κ3) is 9.14. The quantitative estimate of drug-likeness (QED) is 0.0410. The molecule has 10 N–H and O–H groups in total. The number of nitrogens with two attached hydrogens (primary N) is 2. The molecule has 2 fully saturated rings. The lowest BCUT2D eigenvalue weighted by atomic mass is 9.55. The van der Waals surface area contributed by atoms with Crippen molar-refractivity contribution < 1.29 is 39.9 Å². The molecule has 0 unspecified atom stereocenters. The number of aromatic nitrogens is 1. The van der Waals surface area contributed by atoms with E-state index >= 15 is 0 Å². The van der Waals surface area contributed by atoms with E-state index in [9.17, 15) is 35.1 Å². The highest BCUT2D eigenvalue weighted by molar-refractivity contribution is 8.76. The Morgan fingerprint density at radius 1 is 0.939 bits per heavy atom. The number of ketones is 2. The minimum Gasteiger partial charge on any atom is -0.508 e. The summed E-state index contributed by atoms with van der Waals surface area (Å²) >= 11 is 0. The maximum atomic E-state index is 14.2. The number of aliphatic hydroxyl groups is 3. The van der Waals surface area contributed by atoms with Crippen molar-refractivity contribution in [1.82, 2.24) is 4.98 Å². The van der Waals surface area contributed by atoms with Gasteiger partial charge in [0.25, 0.3) is 0 Å². The molecule has 0 saturated heterocycles. The van der Waals surface area contributed by atoms with E-state index in [2.05, 4.69) is 35.0 Å². The lowest BCUT2D eigenvalue weighted by Gasteiger charge is -2.51. The summed E-state index contributed by atoms with van der Waals surface area (Å²) in [6.45, 7) is -0.0748. The highest BCUT2D eigenvalue weighted by Gasteiger charge is 2.68. The SMILES string of the molecule is NC(N)c1cc2c3cc1CSSC[C@@]14C[C@H]5C=C[C@]1(O)C[C@@](/C=C/C(=O)CCc1ccc(O)c(c1)OCCc1ccc(O)c(c1)[C@H]3CC(=O)c1cc[nH]c1CC#C2)(C4)[C@@H]5CCC[C@H](O)CO. The molecule has 66 heavy (non-hydrogen) atoms. The normalized spacial score (nSPS) is 28.3. The lowest BCUT2D eigenvalue weighted by Crippen LogP contribution is -2.49. The van der Waals surface area contributed by atoms with Crippen LogP contribution in [0, 0.1) is 34.5 Å². The number of carbonyl (C=O) groups excluding carboxylic acids is 2. The standard InChI is InChI=1S/C53H59N3O8S2/c54-50(55)41-23-34-3-1-6-45-39(15-19-56-45)48(62)25-42-40(34)24-36(41)28-65-66-31-52-26-35-13-18-53(52,63)30-51(29-52,44(35)5-2-4-38(59)27-57)17-14-37(58)10-7-32-9-12-47(61)49(22-32)64-20-16-33-8-11-46(60)43(42)21-33/h8-9,11-15,17-19,21-24,35,38,42,44,50,56-57,59-61,63H,2,4-7,10,16,20,25-31,54-55H2/b17-14+/t35-,38+,42+,44-,51-,52+,53+/m1/s1. The minimum absolute atomic E-state index is 0.0147. The first-order valence-corrected chi connectivity index (χ1v) is 25.6. The maximum Gasteiger partial charge on any atom is 0.165 e. The molecular formula is C53H59N3O8S2. The molecule has 1 aromatic heterocycles. The highest BCUT2D eigenvalue weighted by atomic mass is 33.1. The van der Waals surface area contributed by atoms with Crippen LogP contribution in [0.1, 0.15) is 118 Å². The van der Waals surface area contributed by atoms with E-state index in [1.54, 1.807) is 64.2 Å². The molecule has 346 valence electrons. The predicted octanol–water partition coefficient (Wildman–Crippen LogP) is 7.46. The maximum absolute atomic E-state index is 14.2. The number of aromatic hydroxyl groups is 2. The third-order valence-electron chi connectivity index (χ3n) is 15.0. The molecule has 2 heterocycles. The number of allylic oxidation sites excluding steroid dienone is 3. The van der Waals surface area contributed by atoms with E-state index in [1.807, 2.05) is 24.3 Å². The summed E-state index contributed by atoms with van der Waals surface area (Å²) in [7, 11) is 3.38. The Morgan fingerprint density at radius 2 is 1.76 bits per heavy atom. The Hall–Kier alpha value is -4.78. The summed E-state index contributed by atoms with van der Waals surface area (Å²) in [5.41, 5.74) is 17.7. The number of aryl methyl sites for hydroxylation is 1. The number of ether oxygens (including phenoxy) is 1. The zero-order chi connectivity index (χ0) is 46.2. The topological polar surface area (TPSA) is 212 Å². The van der Waals surface area contributed by atoms with Crippen molar-refractivity contribution in [3.05, 3.63) is 135 Å². The van der Waals surface area contributed by atoms with Crippen molar-refractivity contribution in [2.45, 2.75) is 100 Å². The Labute approximate surface area is 393 Å². The second kappa shape index (κ2) is 19.1. The average molecular weight is 930 g/mol. The molecule has 9 rings (SSSR count).